The number of rotatable bonds is 3. The van der Waals surface area contributed by atoms with Gasteiger partial charge in [-0.2, -0.15) is 0 Å². The third-order valence-corrected chi connectivity index (χ3v) is 5.76. The number of hydrogen-bond acceptors (Lipinski definition) is 3. The summed E-state index contributed by atoms with van der Waals surface area (Å²) in [7, 11) is 1.59. The fourth-order valence-corrected chi connectivity index (χ4v) is 3.99. The molecule has 6 heteroatoms. The van der Waals surface area contributed by atoms with E-state index in [2.05, 4.69) is 24.1 Å². The van der Waals surface area contributed by atoms with E-state index in [1.807, 2.05) is 34.1 Å². The number of nitrogens with zero attached hydrogens (tertiary/aromatic N) is 2. The average Bonchev–Trinajstić information content (AvgIpc) is 3.12. The van der Waals surface area contributed by atoms with Crippen molar-refractivity contribution in [3.63, 3.8) is 0 Å². The fraction of sp³-hybridized carbons (Fsp3) is 0.545. The minimum atomic E-state index is -0.101. The Morgan fingerprint density at radius 2 is 1.82 bits per heavy atom. The second kappa shape index (κ2) is 9.01. The van der Waals surface area contributed by atoms with Crippen LogP contribution in [-0.4, -0.2) is 55.0 Å². The molecule has 0 bridgehead atoms. The van der Waals surface area contributed by atoms with Crippen LogP contribution in [0.4, 0.5) is 10.5 Å². The Hall–Kier alpha value is -2.68. The highest BCUT2D eigenvalue weighted by Crippen LogP contribution is 2.40. The fourth-order valence-electron chi connectivity index (χ4n) is 3.99. The minimum absolute atomic E-state index is 0.0540. The van der Waals surface area contributed by atoms with E-state index in [1.54, 1.807) is 7.11 Å². The monoisotopic (exact) mass is 383 g/mol. The quantitative estimate of drug-likeness (QED) is 0.815. The Balaban J connectivity index is 1.52. The SMILES string of the molecule is CCCC#CC(=O)N1CCC2(CCN(C(=O)Nc3ccccc3OC)CC2)C1. The van der Waals surface area contributed by atoms with Crippen LogP contribution in [0, 0.1) is 17.3 Å². The smallest absolute Gasteiger partial charge is 0.321 e. The number of hydrogen-bond donors (Lipinski definition) is 1. The molecule has 6 nitrogen and oxygen atoms in total. The Morgan fingerprint density at radius 3 is 2.50 bits per heavy atom. The number of likely N-dealkylation sites (tertiary alicyclic amines) is 2. The van der Waals surface area contributed by atoms with E-state index in [9.17, 15) is 9.59 Å². The predicted octanol–water partition coefficient (Wildman–Crippen LogP) is 3.35. The van der Waals surface area contributed by atoms with Gasteiger partial charge >= 0.3 is 6.03 Å². The Morgan fingerprint density at radius 1 is 1.14 bits per heavy atom. The van der Waals surface area contributed by atoms with Crippen LogP contribution in [0.1, 0.15) is 39.0 Å². The highest BCUT2D eigenvalue weighted by atomic mass is 16.5. The van der Waals surface area contributed by atoms with Crippen molar-refractivity contribution in [2.45, 2.75) is 39.0 Å². The van der Waals surface area contributed by atoms with Gasteiger partial charge in [0.2, 0.25) is 0 Å². The van der Waals surface area contributed by atoms with Gasteiger partial charge in [-0.05, 0) is 49.2 Å². The molecule has 0 aromatic heterocycles. The van der Waals surface area contributed by atoms with Crippen molar-refractivity contribution < 1.29 is 14.3 Å². The number of piperidine rings is 1. The molecule has 1 aromatic rings. The topological polar surface area (TPSA) is 61.9 Å². The van der Waals surface area contributed by atoms with E-state index in [0.29, 0.717) is 24.5 Å². The van der Waals surface area contributed by atoms with E-state index in [4.69, 9.17) is 4.74 Å². The van der Waals surface area contributed by atoms with Crippen LogP contribution in [0.25, 0.3) is 0 Å². The summed E-state index contributed by atoms with van der Waals surface area (Å²) in [6.45, 7) is 4.98. The molecule has 150 valence electrons. The number of para-hydroxylation sites is 2. The molecule has 3 rings (SSSR count). The second-order valence-electron chi connectivity index (χ2n) is 7.65. The first-order chi connectivity index (χ1) is 13.6. The van der Waals surface area contributed by atoms with Crippen molar-refractivity contribution in [2.75, 3.05) is 38.6 Å². The van der Waals surface area contributed by atoms with Crippen molar-refractivity contribution in [3.8, 4) is 17.6 Å². The first kappa shape index (κ1) is 20.1. The van der Waals surface area contributed by atoms with Crippen LogP contribution in [0.2, 0.25) is 0 Å². The van der Waals surface area contributed by atoms with Crippen molar-refractivity contribution in [1.82, 2.24) is 9.80 Å². The maximum absolute atomic E-state index is 12.6. The summed E-state index contributed by atoms with van der Waals surface area (Å²) >= 11 is 0. The molecule has 1 aromatic carbocycles. The molecule has 2 fully saturated rings. The number of amides is 3. The molecule has 3 amide bonds. The lowest BCUT2D eigenvalue weighted by molar-refractivity contribution is -0.124. The average molecular weight is 383 g/mol. The molecule has 1 spiro atoms. The normalized spacial score (nSPS) is 17.8. The van der Waals surface area contributed by atoms with E-state index in [-0.39, 0.29) is 17.4 Å². The number of unbranched alkanes of at least 4 members (excludes halogenated alkanes) is 1. The summed E-state index contributed by atoms with van der Waals surface area (Å²) in [4.78, 5) is 28.6. The lowest BCUT2D eigenvalue weighted by Crippen LogP contribution is -2.46. The number of benzene rings is 1. The maximum atomic E-state index is 12.6. The highest BCUT2D eigenvalue weighted by molar-refractivity contribution is 5.93. The van der Waals surface area contributed by atoms with Gasteiger partial charge in [0, 0.05) is 32.6 Å². The Labute approximate surface area is 167 Å². The van der Waals surface area contributed by atoms with E-state index < -0.39 is 0 Å². The number of anilines is 1. The van der Waals surface area contributed by atoms with Gasteiger partial charge in [0.05, 0.1) is 12.8 Å². The van der Waals surface area contributed by atoms with Gasteiger partial charge in [-0.25, -0.2) is 4.79 Å². The van der Waals surface area contributed by atoms with E-state index in [1.165, 1.54) is 0 Å². The van der Waals surface area contributed by atoms with E-state index >= 15 is 0 Å². The van der Waals surface area contributed by atoms with Crippen molar-refractivity contribution in [3.05, 3.63) is 24.3 Å². The summed E-state index contributed by atoms with van der Waals surface area (Å²) in [6.07, 6.45) is 4.56. The van der Waals surface area contributed by atoms with Crippen LogP contribution < -0.4 is 10.1 Å². The molecule has 0 aliphatic carbocycles. The second-order valence-corrected chi connectivity index (χ2v) is 7.65. The first-order valence-electron chi connectivity index (χ1n) is 10.0. The molecule has 2 saturated heterocycles. The molecule has 0 unspecified atom stereocenters. The molecule has 0 saturated carbocycles. The Kier molecular flexibility index (Phi) is 6.45. The zero-order valence-electron chi connectivity index (χ0n) is 16.8. The van der Waals surface area contributed by atoms with Gasteiger partial charge < -0.3 is 19.9 Å². The van der Waals surface area contributed by atoms with Gasteiger partial charge in [0.25, 0.3) is 5.91 Å². The van der Waals surface area contributed by atoms with Crippen LogP contribution in [0.15, 0.2) is 24.3 Å². The minimum Gasteiger partial charge on any atom is -0.495 e. The molecule has 2 aliphatic rings. The summed E-state index contributed by atoms with van der Waals surface area (Å²) in [6, 6.07) is 7.31. The zero-order valence-corrected chi connectivity index (χ0v) is 16.8. The molecule has 2 heterocycles. The van der Waals surface area contributed by atoms with Crippen molar-refractivity contribution in [2.24, 2.45) is 5.41 Å². The zero-order chi connectivity index (χ0) is 20.0. The predicted molar refractivity (Wildman–Crippen MR) is 109 cm³/mol. The number of methoxy groups -OCH3 is 1. The maximum Gasteiger partial charge on any atom is 0.321 e. The van der Waals surface area contributed by atoms with Crippen molar-refractivity contribution in [1.29, 1.82) is 0 Å². The molecule has 2 aliphatic heterocycles. The van der Waals surface area contributed by atoms with Crippen molar-refractivity contribution >= 4 is 17.6 Å². The molecular formula is C22H29N3O3. The van der Waals surface area contributed by atoms with Gasteiger partial charge in [-0.1, -0.05) is 25.0 Å². The van der Waals surface area contributed by atoms with Crippen LogP contribution in [-0.2, 0) is 4.79 Å². The van der Waals surface area contributed by atoms with Gasteiger partial charge in [-0.3, -0.25) is 4.79 Å². The Bertz CT molecular complexity index is 773. The standard InChI is InChI=1S/C22H29N3O3/c1-3-4-5-10-20(26)25-16-13-22(17-25)11-14-24(15-12-22)21(27)23-18-8-6-7-9-19(18)28-2/h6-9H,3-4,11-17H2,1-2H3,(H,23,27). The van der Waals surface area contributed by atoms with Crippen LogP contribution in [0.3, 0.4) is 0 Å². The summed E-state index contributed by atoms with van der Waals surface area (Å²) in [5.41, 5.74) is 0.808. The largest absolute Gasteiger partial charge is 0.495 e. The van der Waals surface area contributed by atoms with Crippen LogP contribution >= 0.6 is 0 Å². The molecule has 1 N–H and O–H groups in total. The lowest BCUT2D eigenvalue weighted by atomic mass is 9.78. The molecule has 0 atom stereocenters. The third-order valence-electron chi connectivity index (χ3n) is 5.76. The van der Waals surface area contributed by atoms with Crippen LogP contribution in [0.5, 0.6) is 5.75 Å². The lowest BCUT2D eigenvalue weighted by Gasteiger charge is -2.39. The number of urea groups is 1. The number of nitrogens with one attached hydrogen (secondary N) is 1. The molecular weight excluding hydrogens is 354 g/mol. The highest BCUT2D eigenvalue weighted by Gasteiger charge is 2.42. The number of ether oxygens (including phenoxy) is 1. The molecule has 0 radical (unpaired) electrons. The van der Waals surface area contributed by atoms with Gasteiger partial charge in [0.1, 0.15) is 5.75 Å². The van der Waals surface area contributed by atoms with Gasteiger partial charge in [0.15, 0.2) is 0 Å². The summed E-state index contributed by atoms with van der Waals surface area (Å²) < 4.78 is 5.30. The number of carbonyl (C=O) groups is 2. The first-order valence-corrected chi connectivity index (χ1v) is 10.0. The summed E-state index contributed by atoms with van der Waals surface area (Å²) in [5, 5.41) is 2.95. The van der Waals surface area contributed by atoms with Gasteiger partial charge in [-0.15, -0.1) is 0 Å². The molecule has 28 heavy (non-hydrogen) atoms. The summed E-state index contributed by atoms with van der Waals surface area (Å²) in [5.74, 6) is 6.31. The van der Waals surface area contributed by atoms with E-state index in [0.717, 1.165) is 45.2 Å². The number of carbonyl (C=O) groups excluding carboxylic acids is 2. The third kappa shape index (κ3) is 4.59.